The highest BCUT2D eigenvalue weighted by molar-refractivity contribution is 5.80. The fourth-order valence-corrected chi connectivity index (χ4v) is 2.31. The summed E-state index contributed by atoms with van der Waals surface area (Å²) in [4.78, 5) is 23.5. The molecule has 0 aliphatic carbocycles. The third kappa shape index (κ3) is 4.64. The van der Waals surface area contributed by atoms with Crippen LogP contribution >= 0.6 is 0 Å². The van der Waals surface area contributed by atoms with E-state index in [9.17, 15) is 19.1 Å². The Morgan fingerprint density at radius 3 is 2.26 bits per heavy atom. The third-order valence-corrected chi connectivity index (χ3v) is 3.64. The molecule has 0 fully saturated rings. The summed E-state index contributed by atoms with van der Waals surface area (Å²) >= 11 is 0. The van der Waals surface area contributed by atoms with E-state index in [4.69, 9.17) is 0 Å². The van der Waals surface area contributed by atoms with Gasteiger partial charge in [-0.15, -0.1) is 0 Å². The predicted octanol–water partition coefficient (Wildman–Crippen LogP) is 2.95. The zero-order chi connectivity index (χ0) is 16.8. The lowest BCUT2D eigenvalue weighted by Gasteiger charge is -2.23. The molecule has 2 aromatic rings. The molecule has 1 amide bonds. The minimum Gasteiger partial charge on any atom is -0.481 e. The molecule has 0 saturated carbocycles. The molecule has 2 rings (SSSR count). The summed E-state index contributed by atoms with van der Waals surface area (Å²) in [7, 11) is 0. The third-order valence-electron chi connectivity index (χ3n) is 3.64. The molecular weight excluding hydrogens is 297 g/mol. The highest BCUT2D eigenvalue weighted by atomic mass is 19.1. The maximum atomic E-state index is 12.9. The highest BCUT2D eigenvalue weighted by Crippen LogP contribution is 2.22. The van der Waals surface area contributed by atoms with Gasteiger partial charge < -0.3 is 10.4 Å². The van der Waals surface area contributed by atoms with Gasteiger partial charge in [0.1, 0.15) is 5.82 Å². The van der Waals surface area contributed by atoms with E-state index in [1.54, 1.807) is 31.2 Å². The van der Waals surface area contributed by atoms with Crippen LogP contribution in [-0.2, 0) is 16.0 Å². The van der Waals surface area contributed by atoms with Gasteiger partial charge in [-0.1, -0.05) is 42.5 Å². The van der Waals surface area contributed by atoms with Crippen LogP contribution in [0.4, 0.5) is 4.39 Å². The van der Waals surface area contributed by atoms with Crippen molar-refractivity contribution in [1.29, 1.82) is 0 Å². The minimum atomic E-state index is -0.985. The predicted molar refractivity (Wildman–Crippen MR) is 84.2 cm³/mol. The number of hydrogen-bond donors (Lipinski definition) is 2. The zero-order valence-electron chi connectivity index (χ0n) is 12.7. The molecular formula is C18H18FNO3. The van der Waals surface area contributed by atoms with Crippen LogP contribution in [0.1, 0.15) is 24.1 Å². The number of benzene rings is 2. The maximum absolute atomic E-state index is 12.9. The second-order valence-electron chi connectivity index (χ2n) is 5.39. The van der Waals surface area contributed by atoms with Crippen LogP contribution in [0.25, 0.3) is 0 Å². The number of hydrogen-bond acceptors (Lipinski definition) is 2. The van der Waals surface area contributed by atoms with Crippen molar-refractivity contribution in [3.63, 3.8) is 0 Å². The van der Waals surface area contributed by atoms with E-state index in [-0.39, 0.29) is 18.1 Å². The van der Waals surface area contributed by atoms with Crippen LogP contribution in [0, 0.1) is 11.7 Å². The van der Waals surface area contributed by atoms with Crippen LogP contribution in [0.15, 0.2) is 54.6 Å². The molecule has 0 bridgehead atoms. The Bertz CT molecular complexity index is 670. The quantitative estimate of drug-likeness (QED) is 0.861. The summed E-state index contributed by atoms with van der Waals surface area (Å²) in [5.41, 5.74) is 1.40. The Hall–Kier alpha value is -2.69. The van der Waals surface area contributed by atoms with Gasteiger partial charge in [-0.05, 0) is 30.2 Å². The summed E-state index contributed by atoms with van der Waals surface area (Å²) in [6, 6.07) is 14.0. The van der Waals surface area contributed by atoms with Crippen LogP contribution in [-0.4, -0.2) is 17.0 Å². The molecule has 23 heavy (non-hydrogen) atoms. The normalized spacial score (nSPS) is 13.1. The van der Waals surface area contributed by atoms with Gasteiger partial charge in [-0.3, -0.25) is 9.59 Å². The van der Waals surface area contributed by atoms with Crippen LogP contribution < -0.4 is 5.32 Å². The van der Waals surface area contributed by atoms with E-state index in [0.717, 1.165) is 5.56 Å². The second-order valence-corrected chi connectivity index (χ2v) is 5.39. The number of carbonyl (C=O) groups excluding carboxylic acids is 1. The number of carboxylic acids is 1. The van der Waals surface area contributed by atoms with Crippen LogP contribution in [0.3, 0.4) is 0 Å². The minimum absolute atomic E-state index is 0.0654. The van der Waals surface area contributed by atoms with Crippen molar-refractivity contribution in [3.05, 3.63) is 71.5 Å². The topological polar surface area (TPSA) is 66.4 Å². The van der Waals surface area contributed by atoms with Gasteiger partial charge in [-0.2, -0.15) is 0 Å². The van der Waals surface area contributed by atoms with Crippen molar-refractivity contribution < 1.29 is 19.1 Å². The van der Waals surface area contributed by atoms with Crippen molar-refractivity contribution in [2.45, 2.75) is 19.4 Å². The molecule has 120 valence electrons. The van der Waals surface area contributed by atoms with E-state index >= 15 is 0 Å². The van der Waals surface area contributed by atoms with E-state index in [1.165, 1.54) is 24.3 Å². The first kappa shape index (κ1) is 16.7. The Labute approximate surface area is 134 Å². The molecule has 0 aliphatic heterocycles. The molecule has 0 heterocycles. The molecule has 0 unspecified atom stereocenters. The highest BCUT2D eigenvalue weighted by Gasteiger charge is 2.26. The van der Waals surface area contributed by atoms with E-state index in [0.29, 0.717) is 5.56 Å². The summed E-state index contributed by atoms with van der Waals surface area (Å²) in [6.07, 6.45) is 0.0654. The first-order valence-electron chi connectivity index (χ1n) is 7.29. The van der Waals surface area contributed by atoms with Gasteiger partial charge in [0.2, 0.25) is 5.91 Å². The molecule has 0 aromatic heterocycles. The lowest BCUT2D eigenvalue weighted by molar-refractivity contribution is -0.142. The SMILES string of the molecule is C[C@H](C(=O)O)[C@H](NC(=O)Cc1ccc(F)cc1)c1ccccc1. The standard InChI is InChI=1S/C18H18FNO3/c1-12(18(22)23)17(14-5-3-2-4-6-14)20-16(21)11-13-7-9-15(19)10-8-13/h2-10,12,17H,11H2,1H3,(H,20,21)(H,22,23)/t12-,17-/m0/s1. The molecule has 0 spiro atoms. The summed E-state index contributed by atoms with van der Waals surface area (Å²) in [6.45, 7) is 1.55. The monoisotopic (exact) mass is 315 g/mol. The molecule has 5 heteroatoms. The Morgan fingerprint density at radius 2 is 1.70 bits per heavy atom. The summed E-state index contributed by atoms with van der Waals surface area (Å²) in [5, 5.41) is 12.0. The number of carbonyl (C=O) groups is 2. The number of amides is 1. The molecule has 2 atom stereocenters. The molecule has 2 aromatic carbocycles. The van der Waals surface area contributed by atoms with Gasteiger partial charge in [0.25, 0.3) is 0 Å². The van der Waals surface area contributed by atoms with Crippen LogP contribution in [0.5, 0.6) is 0 Å². The zero-order valence-corrected chi connectivity index (χ0v) is 12.7. The molecule has 2 N–H and O–H groups in total. The average molecular weight is 315 g/mol. The van der Waals surface area contributed by atoms with Crippen molar-refractivity contribution in [3.8, 4) is 0 Å². The van der Waals surface area contributed by atoms with Gasteiger partial charge in [0, 0.05) is 0 Å². The molecule has 0 saturated heterocycles. The Kier molecular flexibility index (Phi) is 5.46. The maximum Gasteiger partial charge on any atom is 0.308 e. The lowest BCUT2D eigenvalue weighted by Crippen LogP contribution is -2.36. The number of rotatable bonds is 6. The summed E-state index contributed by atoms with van der Waals surface area (Å²) in [5.74, 6) is -2.43. The molecule has 0 radical (unpaired) electrons. The lowest BCUT2D eigenvalue weighted by atomic mass is 9.94. The first-order chi connectivity index (χ1) is 11.0. The van der Waals surface area contributed by atoms with Crippen molar-refractivity contribution in [2.24, 2.45) is 5.92 Å². The number of halogens is 1. The Balaban J connectivity index is 2.12. The number of carboxylic acid groups (broad SMARTS) is 1. The number of aliphatic carboxylic acids is 1. The van der Waals surface area contributed by atoms with Gasteiger partial charge in [-0.25, -0.2) is 4.39 Å². The molecule has 4 nitrogen and oxygen atoms in total. The van der Waals surface area contributed by atoms with Gasteiger partial charge in [0.15, 0.2) is 0 Å². The van der Waals surface area contributed by atoms with E-state index in [1.807, 2.05) is 6.07 Å². The average Bonchev–Trinajstić information content (AvgIpc) is 2.55. The van der Waals surface area contributed by atoms with Crippen molar-refractivity contribution in [1.82, 2.24) is 5.32 Å². The molecule has 0 aliphatic rings. The van der Waals surface area contributed by atoms with Crippen molar-refractivity contribution in [2.75, 3.05) is 0 Å². The van der Waals surface area contributed by atoms with Crippen molar-refractivity contribution >= 4 is 11.9 Å². The Morgan fingerprint density at radius 1 is 1.09 bits per heavy atom. The fourth-order valence-electron chi connectivity index (χ4n) is 2.31. The smallest absolute Gasteiger partial charge is 0.308 e. The van der Waals surface area contributed by atoms with E-state index < -0.39 is 17.9 Å². The fraction of sp³-hybridized carbons (Fsp3) is 0.222. The summed E-state index contributed by atoms with van der Waals surface area (Å²) < 4.78 is 12.9. The largest absolute Gasteiger partial charge is 0.481 e. The van der Waals surface area contributed by atoms with E-state index in [2.05, 4.69) is 5.32 Å². The van der Waals surface area contributed by atoms with Crippen LogP contribution in [0.2, 0.25) is 0 Å². The number of nitrogens with one attached hydrogen (secondary N) is 1. The van der Waals surface area contributed by atoms with Gasteiger partial charge in [0.05, 0.1) is 18.4 Å². The first-order valence-corrected chi connectivity index (χ1v) is 7.29. The second kappa shape index (κ2) is 7.54. The van der Waals surface area contributed by atoms with Gasteiger partial charge >= 0.3 is 5.97 Å².